The van der Waals surface area contributed by atoms with Crippen LogP contribution in [0, 0.1) is 17.3 Å². The predicted molar refractivity (Wildman–Crippen MR) is 248 cm³/mol. The van der Waals surface area contributed by atoms with Gasteiger partial charge in [-0.15, -0.1) is 6.58 Å². The normalized spacial score (nSPS) is 29.6. The largest absolute Gasteiger partial charge is 0.472 e. The molecule has 2 saturated heterocycles. The van der Waals surface area contributed by atoms with E-state index < -0.39 is 68.2 Å². The maximum atomic E-state index is 15.2. The highest BCUT2D eigenvalue weighted by Crippen LogP contribution is 2.52. The van der Waals surface area contributed by atoms with E-state index in [2.05, 4.69) is 57.8 Å². The van der Waals surface area contributed by atoms with Crippen molar-refractivity contribution in [3.05, 3.63) is 48.0 Å². The molecule has 3 aliphatic heterocycles. The summed E-state index contributed by atoms with van der Waals surface area (Å²) < 4.78 is 40.9. The number of piperazine rings is 1. The van der Waals surface area contributed by atoms with Gasteiger partial charge < -0.3 is 29.9 Å². The van der Waals surface area contributed by atoms with Gasteiger partial charge in [-0.2, -0.15) is 0 Å². The van der Waals surface area contributed by atoms with E-state index in [9.17, 15) is 22.8 Å². The summed E-state index contributed by atoms with van der Waals surface area (Å²) in [5, 5.41) is 6.98. The summed E-state index contributed by atoms with van der Waals surface area (Å²) >= 11 is 0. The standard InChI is InChI=1S/C49H71N7O8S/c1-7-32(2)49(5,45(59)53-65(61,62)48(4)22-23-48)52-42(57)39-28-34-30-56(39)44(58)41(33-16-10-8-11-17-33)51-46(60)64-40-29-47(40,3)21-15-9-12-19-36-37(31-55-26-24-54(6)25-27-55)35-18-13-14-20-38(35)50-43(36)63-34/h7,13-14,18,20,32-34,39-41H,1,8-12,15-17,19,21-31H2,2-6H3,(H,51,60)(H,52,57)(H,53,59)/t32-,34+,39-,40+,41-,47?,49?/m0/s1. The molecule has 8 rings (SSSR count). The molecule has 15 nitrogen and oxygen atoms in total. The first-order valence-corrected chi connectivity index (χ1v) is 25.7. The van der Waals surface area contributed by atoms with Gasteiger partial charge in [0.15, 0.2) is 0 Å². The lowest BCUT2D eigenvalue weighted by atomic mass is 9.83. The Kier molecular flexibility index (Phi) is 13.6. The lowest BCUT2D eigenvalue weighted by molar-refractivity contribution is -0.143. The van der Waals surface area contributed by atoms with Gasteiger partial charge in [0.1, 0.15) is 29.8 Å². The number of benzene rings is 1. The zero-order chi connectivity index (χ0) is 46.3. The number of sulfonamides is 1. The number of amides is 4. The van der Waals surface area contributed by atoms with Gasteiger partial charge >= 0.3 is 6.09 Å². The third-order valence-corrected chi connectivity index (χ3v) is 18.1. The number of hydrogen-bond donors (Lipinski definition) is 3. The van der Waals surface area contributed by atoms with Gasteiger partial charge in [-0.05, 0) is 89.8 Å². The Morgan fingerprint density at radius 3 is 2.43 bits per heavy atom. The molecule has 5 fully saturated rings. The molecule has 2 bridgehead atoms. The predicted octanol–water partition coefficient (Wildman–Crippen LogP) is 5.60. The Morgan fingerprint density at radius 2 is 1.72 bits per heavy atom. The van der Waals surface area contributed by atoms with Gasteiger partial charge in [0.25, 0.3) is 5.91 Å². The van der Waals surface area contributed by atoms with E-state index in [0.717, 1.165) is 120 Å². The van der Waals surface area contributed by atoms with Crippen LogP contribution in [0.15, 0.2) is 36.9 Å². The minimum atomic E-state index is -4.05. The Labute approximate surface area is 385 Å². The van der Waals surface area contributed by atoms with E-state index >= 15 is 4.79 Å². The van der Waals surface area contributed by atoms with E-state index in [0.29, 0.717) is 18.7 Å². The molecule has 4 amide bonds. The van der Waals surface area contributed by atoms with Gasteiger partial charge in [0, 0.05) is 61.4 Å². The van der Waals surface area contributed by atoms with E-state index in [1.165, 1.54) is 23.5 Å². The summed E-state index contributed by atoms with van der Waals surface area (Å²) in [6, 6.07) is 6.06. The summed E-state index contributed by atoms with van der Waals surface area (Å²) in [7, 11) is -1.90. The zero-order valence-electron chi connectivity index (χ0n) is 39.2. The average molecular weight is 918 g/mol. The molecule has 1 aromatic carbocycles. The second-order valence-corrected chi connectivity index (χ2v) is 23.1. The van der Waals surface area contributed by atoms with Gasteiger partial charge in [0.05, 0.1) is 16.8 Å². The molecule has 0 radical (unpaired) electrons. The minimum absolute atomic E-state index is 0.0198. The monoisotopic (exact) mass is 918 g/mol. The molecular weight excluding hydrogens is 847 g/mol. The highest BCUT2D eigenvalue weighted by atomic mass is 32.2. The Morgan fingerprint density at radius 1 is 1.02 bits per heavy atom. The van der Waals surface area contributed by atoms with E-state index in [1.54, 1.807) is 13.8 Å². The van der Waals surface area contributed by atoms with Crippen molar-refractivity contribution in [2.24, 2.45) is 17.3 Å². The number of likely N-dealkylation sites (N-methyl/N-ethyl adjacent to an activating group) is 1. The second-order valence-electron chi connectivity index (χ2n) is 20.9. The van der Waals surface area contributed by atoms with Crippen LogP contribution in [-0.2, 0) is 42.1 Å². The molecule has 65 heavy (non-hydrogen) atoms. The van der Waals surface area contributed by atoms with Crippen LogP contribution in [-0.4, -0.2) is 126 Å². The van der Waals surface area contributed by atoms with Crippen LogP contribution in [0.3, 0.4) is 0 Å². The molecule has 6 aliphatic rings. The summed E-state index contributed by atoms with van der Waals surface area (Å²) in [5.41, 5.74) is 1.13. The average Bonchev–Trinajstić information content (AvgIpc) is 4.14. The first-order chi connectivity index (χ1) is 30.9. The van der Waals surface area contributed by atoms with Crippen molar-refractivity contribution < 1.29 is 37.1 Å². The van der Waals surface area contributed by atoms with Crippen LogP contribution in [0.5, 0.6) is 5.88 Å². The second kappa shape index (κ2) is 18.8. The van der Waals surface area contributed by atoms with Crippen molar-refractivity contribution in [2.45, 2.75) is 159 Å². The van der Waals surface area contributed by atoms with E-state index in [4.69, 9.17) is 14.5 Å². The fourth-order valence-corrected chi connectivity index (χ4v) is 11.8. The number of carbonyl (C=O) groups excluding carboxylic acids is 4. The van der Waals surface area contributed by atoms with Crippen molar-refractivity contribution >= 4 is 44.7 Å². The van der Waals surface area contributed by atoms with Crippen molar-refractivity contribution in [1.29, 1.82) is 0 Å². The molecule has 356 valence electrons. The summed E-state index contributed by atoms with van der Waals surface area (Å²) in [5.74, 6) is -2.35. The zero-order valence-corrected chi connectivity index (χ0v) is 40.0. The molecule has 2 unspecified atom stereocenters. The smallest absolute Gasteiger partial charge is 0.408 e. The number of para-hydroxylation sites is 1. The number of ether oxygens (including phenoxy) is 2. The Bertz CT molecular complexity index is 2260. The number of nitrogens with zero attached hydrogens (tertiary/aromatic N) is 4. The van der Waals surface area contributed by atoms with Crippen LogP contribution in [0.1, 0.15) is 122 Å². The van der Waals surface area contributed by atoms with Crippen LogP contribution >= 0.6 is 0 Å². The highest BCUT2D eigenvalue weighted by molar-refractivity contribution is 7.91. The number of carbonyl (C=O) groups is 4. The van der Waals surface area contributed by atoms with Crippen LogP contribution in [0.25, 0.3) is 10.9 Å². The number of nitrogens with one attached hydrogen (secondary N) is 3. The first kappa shape index (κ1) is 47.2. The number of hydrogen-bond acceptors (Lipinski definition) is 11. The summed E-state index contributed by atoms with van der Waals surface area (Å²) in [4.78, 5) is 69.5. The third kappa shape index (κ3) is 10.0. The van der Waals surface area contributed by atoms with Crippen molar-refractivity contribution in [3.63, 3.8) is 0 Å². The molecule has 3 saturated carbocycles. The van der Waals surface area contributed by atoms with Crippen LogP contribution < -0.4 is 20.1 Å². The minimum Gasteiger partial charge on any atom is -0.472 e. The van der Waals surface area contributed by atoms with Crippen LogP contribution in [0.2, 0.25) is 0 Å². The Balaban J connectivity index is 1.17. The lowest BCUT2D eigenvalue weighted by Gasteiger charge is -2.37. The van der Waals surface area contributed by atoms with Gasteiger partial charge in [-0.1, -0.05) is 70.2 Å². The van der Waals surface area contributed by atoms with Gasteiger partial charge in [-0.25, -0.2) is 18.2 Å². The molecule has 3 aliphatic carbocycles. The number of pyridine rings is 1. The lowest BCUT2D eigenvalue weighted by Crippen LogP contribution is -2.64. The fraction of sp³-hybridized carbons (Fsp3) is 0.694. The van der Waals surface area contributed by atoms with Gasteiger partial charge in [0.2, 0.25) is 27.7 Å². The van der Waals surface area contributed by atoms with E-state index in [-0.39, 0.29) is 30.4 Å². The maximum Gasteiger partial charge on any atom is 0.408 e. The highest BCUT2D eigenvalue weighted by Gasteiger charge is 2.55. The number of aromatic nitrogens is 1. The third-order valence-electron chi connectivity index (χ3n) is 16.0. The van der Waals surface area contributed by atoms with Crippen molar-refractivity contribution in [1.82, 2.24) is 35.0 Å². The fourth-order valence-electron chi connectivity index (χ4n) is 10.5. The molecule has 4 heterocycles. The molecule has 3 N–H and O–H groups in total. The topological polar surface area (TPSA) is 180 Å². The van der Waals surface area contributed by atoms with Crippen molar-refractivity contribution in [3.8, 4) is 5.88 Å². The molecule has 0 spiro atoms. The van der Waals surface area contributed by atoms with Crippen LogP contribution in [0.4, 0.5) is 4.79 Å². The number of fused-ring (bicyclic) bond motifs is 5. The molecule has 16 heteroatoms. The maximum absolute atomic E-state index is 15.2. The van der Waals surface area contributed by atoms with Crippen molar-refractivity contribution in [2.75, 3.05) is 39.8 Å². The van der Waals surface area contributed by atoms with Gasteiger partial charge in [-0.3, -0.25) is 24.0 Å². The SMILES string of the molecule is C=C[C@H](C)C(C)(NC(=O)[C@@H]1C[C@@H]2CN1C(=O)[C@H](C1CCCCC1)NC(=O)O[C@@H]1CC1(C)CCCCCc1c(nc3ccccc3c1CN1CCN(C)CC1)O2)C(=O)NS(=O)(=O)C1(C)CC1. The number of alkyl carbamates (subject to hydrolysis) is 1. The summed E-state index contributed by atoms with van der Waals surface area (Å²) in [6.45, 7) is 15.4. The molecule has 1 aromatic heterocycles. The quantitative estimate of drug-likeness (QED) is 0.253. The molecule has 7 atom stereocenters. The number of rotatable bonds is 10. The van der Waals surface area contributed by atoms with E-state index in [1.807, 2.05) is 12.1 Å². The Hall–Kier alpha value is -4.28. The summed E-state index contributed by atoms with van der Waals surface area (Å²) in [6.07, 6.45) is 10.4. The molecular formula is C49H71N7O8S. The first-order valence-electron chi connectivity index (χ1n) is 24.2. The molecule has 2 aromatic rings.